The van der Waals surface area contributed by atoms with Gasteiger partial charge in [-0.2, -0.15) is 5.10 Å². The molecule has 0 bridgehead atoms. The molecule has 2 atom stereocenters. The summed E-state index contributed by atoms with van der Waals surface area (Å²) < 4.78 is 5.08. The Morgan fingerprint density at radius 1 is 1.20 bits per heavy atom. The first-order chi connectivity index (χ1) is 12.2. The summed E-state index contributed by atoms with van der Waals surface area (Å²) in [5.41, 5.74) is 2.66. The van der Waals surface area contributed by atoms with Gasteiger partial charge in [-0.05, 0) is 24.6 Å². The fourth-order valence-corrected chi connectivity index (χ4v) is 3.00. The molecule has 0 aromatic heterocycles. The van der Waals surface area contributed by atoms with E-state index in [1.807, 2.05) is 60.5 Å². The van der Waals surface area contributed by atoms with Crippen LogP contribution in [0.15, 0.2) is 65.8 Å². The number of hydrogen-bond acceptors (Lipinski definition) is 4. The number of carbonyl (C=O) groups is 1. The fraction of sp³-hybridized carbons (Fsp3) is 0.300. The van der Waals surface area contributed by atoms with Crippen LogP contribution in [0.1, 0.15) is 24.9 Å². The first kappa shape index (κ1) is 17.2. The quantitative estimate of drug-likeness (QED) is 0.881. The van der Waals surface area contributed by atoms with E-state index in [4.69, 9.17) is 4.74 Å². The molecular weight excluding hydrogens is 314 g/mol. The fourth-order valence-electron chi connectivity index (χ4n) is 3.00. The van der Waals surface area contributed by atoms with Crippen molar-refractivity contribution in [1.82, 2.24) is 5.32 Å². The second kappa shape index (κ2) is 7.94. The van der Waals surface area contributed by atoms with Crippen LogP contribution in [0.2, 0.25) is 0 Å². The Kier molecular flexibility index (Phi) is 5.46. The second-order valence-corrected chi connectivity index (χ2v) is 6.19. The number of nitrogens with one attached hydrogen (secondary N) is 1. The van der Waals surface area contributed by atoms with Gasteiger partial charge in [0.05, 0.1) is 18.3 Å². The number of benzene rings is 2. The van der Waals surface area contributed by atoms with Gasteiger partial charge in [-0.1, -0.05) is 48.5 Å². The van der Waals surface area contributed by atoms with E-state index in [1.165, 1.54) is 0 Å². The van der Waals surface area contributed by atoms with E-state index in [0.29, 0.717) is 18.7 Å². The maximum absolute atomic E-state index is 12.6. The Labute approximate surface area is 148 Å². The number of rotatable bonds is 6. The van der Waals surface area contributed by atoms with Gasteiger partial charge < -0.3 is 10.1 Å². The van der Waals surface area contributed by atoms with E-state index in [-0.39, 0.29) is 18.0 Å². The number of hydrogen-bond donors (Lipinski definition) is 1. The molecule has 1 aliphatic heterocycles. The highest BCUT2D eigenvalue weighted by Gasteiger charge is 2.32. The van der Waals surface area contributed by atoms with E-state index in [9.17, 15) is 4.79 Å². The molecule has 1 amide bonds. The molecule has 1 N–H and O–H groups in total. The Morgan fingerprint density at radius 3 is 2.48 bits per heavy atom. The predicted octanol–water partition coefficient (Wildman–Crippen LogP) is 3.15. The molecule has 0 spiro atoms. The summed E-state index contributed by atoms with van der Waals surface area (Å²) in [6, 6.07) is 20.1. The molecule has 0 saturated carbocycles. The van der Waals surface area contributed by atoms with Crippen molar-refractivity contribution in [3.8, 4) is 0 Å². The average Bonchev–Trinajstić information content (AvgIpc) is 3.09. The molecule has 5 heteroatoms. The standard InChI is InChI=1S/C20H23N3O2/c1-15(14-25-2)21-20(24)18-13-19(16-9-5-3-6-10-16)23(22-18)17-11-7-4-8-12-17/h3-12,15,19H,13-14H2,1-2H3,(H,21,24). The molecule has 2 aromatic carbocycles. The number of para-hydroxylation sites is 1. The smallest absolute Gasteiger partial charge is 0.267 e. The molecule has 25 heavy (non-hydrogen) atoms. The minimum absolute atomic E-state index is 0.0158. The van der Waals surface area contributed by atoms with E-state index in [2.05, 4.69) is 22.6 Å². The molecule has 2 unspecified atom stereocenters. The Hall–Kier alpha value is -2.66. The Morgan fingerprint density at radius 2 is 1.84 bits per heavy atom. The number of hydrazone groups is 1. The number of nitrogens with zero attached hydrogens (tertiary/aromatic N) is 2. The van der Waals surface area contributed by atoms with Gasteiger partial charge in [0.2, 0.25) is 0 Å². The minimum atomic E-state index is -0.135. The summed E-state index contributed by atoms with van der Waals surface area (Å²) >= 11 is 0. The molecule has 0 aliphatic carbocycles. The van der Waals surface area contributed by atoms with Crippen LogP contribution in [0.3, 0.4) is 0 Å². The van der Waals surface area contributed by atoms with Gasteiger partial charge in [0.15, 0.2) is 0 Å². The number of carbonyl (C=O) groups excluding carboxylic acids is 1. The summed E-state index contributed by atoms with van der Waals surface area (Å²) in [7, 11) is 1.62. The lowest BCUT2D eigenvalue weighted by molar-refractivity contribution is -0.115. The molecule has 2 aromatic rings. The maximum Gasteiger partial charge on any atom is 0.267 e. The molecule has 0 radical (unpaired) electrons. The largest absolute Gasteiger partial charge is 0.383 e. The van der Waals surface area contributed by atoms with Crippen molar-refractivity contribution in [2.24, 2.45) is 5.10 Å². The zero-order valence-corrected chi connectivity index (χ0v) is 14.6. The van der Waals surface area contributed by atoms with Crippen LogP contribution in [0.4, 0.5) is 5.69 Å². The maximum atomic E-state index is 12.6. The summed E-state index contributed by atoms with van der Waals surface area (Å²) in [5.74, 6) is -0.135. The third kappa shape index (κ3) is 4.06. The van der Waals surface area contributed by atoms with E-state index < -0.39 is 0 Å². The molecule has 1 heterocycles. The van der Waals surface area contributed by atoms with Gasteiger partial charge in [0.1, 0.15) is 5.71 Å². The van der Waals surface area contributed by atoms with Crippen LogP contribution in [-0.4, -0.2) is 31.4 Å². The first-order valence-corrected chi connectivity index (χ1v) is 8.45. The highest BCUT2D eigenvalue weighted by Crippen LogP contribution is 2.34. The van der Waals surface area contributed by atoms with Crippen molar-refractivity contribution in [1.29, 1.82) is 0 Å². The molecular formula is C20H23N3O2. The number of amides is 1. The molecule has 0 fully saturated rings. The van der Waals surface area contributed by atoms with E-state index in [1.54, 1.807) is 7.11 Å². The molecule has 5 nitrogen and oxygen atoms in total. The van der Waals surface area contributed by atoms with Gasteiger partial charge in [0.25, 0.3) is 5.91 Å². The normalized spacial score (nSPS) is 17.9. The van der Waals surface area contributed by atoms with Gasteiger partial charge in [-0.3, -0.25) is 9.80 Å². The third-order valence-electron chi connectivity index (χ3n) is 4.17. The van der Waals surface area contributed by atoms with Crippen molar-refractivity contribution < 1.29 is 9.53 Å². The Balaban J connectivity index is 1.85. The number of methoxy groups -OCH3 is 1. The van der Waals surface area contributed by atoms with Crippen molar-refractivity contribution in [2.45, 2.75) is 25.4 Å². The summed E-state index contributed by atoms with van der Waals surface area (Å²) in [6.07, 6.45) is 0.574. The lowest BCUT2D eigenvalue weighted by atomic mass is 10.0. The van der Waals surface area contributed by atoms with Crippen molar-refractivity contribution in [3.05, 3.63) is 66.2 Å². The molecule has 0 saturated heterocycles. The van der Waals surface area contributed by atoms with Gasteiger partial charge in [-0.25, -0.2) is 0 Å². The van der Waals surface area contributed by atoms with E-state index in [0.717, 1.165) is 11.3 Å². The predicted molar refractivity (Wildman–Crippen MR) is 99.6 cm³/mol. The van der Waals surface area contributed by atoms with Crippen LogP contribution in [-0.2, 0) is 9.53 Å². The summed E-state index contributed by atoms with van der Waals surface area (Å²) in [6.45, 7) is 2.39. The molecule has 3 rings (SSSR count). The monoisotopic (exact) mass is 337 g/mol. The van der Waals surface area contributed by atoms with Crippen LogP contribution < -0.4 is 10.3 Å². The zero-order chi connectivity index (χ0) is 17.6. The summed E-state index contributed by atoms with van der Waals surface area (Å²) in [5, 5.41) is 9.51. The number of ether oxygens (including phenoxy) is 1. The van der Waals surface area contributed by atoms with Crippen LogP contribution >= 0.6 is 0 Å². The number of anilines is 1. The van der Waals surface area contributed by atoms with Crippen LogP contribution in [0.25, 0.3) is 0 Å². The van der Waals surface area contributed by atoms with Crippen molar-refractivity contribution >= 4 is 17.3 Å². The topological polar surface area (TPSA) is 53.9 Å². The SMILES string of the molecule is COCC(C)NC(=O)C1=NN(c2ccccc2)C(c2ccccc2)C1. The third-order valence-corrected chi connectivity index (χ3v) is 4.17. The first-order valence-electron chi connectivity index (χ1n) is 8.45. The van der Waals surface area contributed by atoms with Gasteiger partial charge in [-0.15, -0.1) is 0 Å². The Bertz CT molecular complexity index is 731. The second-order valence-electron chi connectivity index (χ2n) is 6.19. The van der Waals surface area contributed by atoms with Gasteiger partial charge in [0, 0.05) is 19.6 Å². The van der Waals surface area contributed by atoms with Crippen molar-refractivity contribution in [3.63, 3.8) is 0 Å². The molecule has 1 aliphatic rings. The van der Waals surface area contributed by atoms with E-state index >= 15 is 0 Å². The van der Waals surface area contributed by atoms with Crippen molar-refractivity contribution in [2.75, 3.05) is 18.7 Å². The lowest BCUT2D eigenvalue weighted by Gasteiger charge is -2.23. The minimum Gasteiger partial charge on any atom is -0.383 e. The van der Waals surface area contributed by atoms with Crippen LogP contribution in [0, 0.1) is 0 Å². The summed E-state index contributed by atoms with van der Waals surface area (Å²) in [4.78, 5) is 12.6. The van der Waals surface area contributed by atoms with Gasteiger partial charge >= 0.3 is 0 Å². The van der Waals surface area contributed by atoms with Crippen LogP contribution in [0.5, 0.6) is 0 Å². The average molecular weight is 337 g/mol. The highest BCUT2D eigenvalue weighted by atomic mass is 16.5. The lowest BCUT2D eigenvalue weighted by Crippen LogP contribution is -2.39. The highest BCUT2D eigenvalue weighted by molar-refractivity contribution is 6.39. The molecule has 130 valence electrons. The zero-order valence-electron chi connectivity index (χ0n) is 14.6.